The van der Waals surface area contributed by atoms with Gasteiger partial charge in [0.15, 0.2) is 0 Å². The summed E-state index contributed by atoms with van der Waals surface area (Å²) in [6.45, 7) is 3.55. The highest BCUT2D eigenvalue weighted by Gasteiger charge is 2.49. The van der Waals surface area contributed by atoms with Crippen molar-refractivity contribution in [2.24, 2.45) is 0 Å². The van der Waals surface area contributed by atoms with Crippen molar-refractivity contribution >= 4 is 12.0 Å². The van der Waals surface area contributed by atoms with Gasteiger partial charge in [0.1, 0.15) is 5.54 Å². The summed E-state index contributed by atoms with van der Waals surface area (Å²) in [5.74, 6) is -0.890. The number of nitrogens with zero attached hydrogens (tertiary/aromatic N) is 1. The van der Waals surface area contributed by atoms with Crippen molar-refractivity contribution in [2.75, 3.05) is 26.8 Å². The van der Waals surface area contributed by atoms with Gasteiger partial charge < -0.3 is 20.1 Å². The second kappa shape index (κ2) is 7.33. The van der Waals surface area contributed by atoms with Gasteiger partial charge in [-0.25, -0.2) is 9.59 Å². The van der Waals surface area contributed by atoms with E-state index in [1.807, 2.05) is 6.92 Å². The van der Waals surface area contributed by atoms with Crippen LogP contribution >= 0.6 is 0 Å². The molecule has 6 nitrogen and oxygen atoms in total. The van der Waals surface area contributed by atoms with Crippen LogP contribution in [0.1, 0.15) is 39.0 Å². The molecule has 1 heterocycles. The summed E-state index contributed by atoms with van der Waals surface area (Å²) in [4.78, 5) is 25.2. The predicted octanol–water partition coefficient (Wildman–Crippen LogP) is 1.45. The highest BCUT2D eigenvalue weighted by Crippen LogP contribution is 2.33. The highest BCUT2D eigenvalue weighted by atomic mass is 16.5. The summed E-state index contributed by atoms with van der Waals surface area (Å²) in [7, 11) is 1.61. The maximum atomic E-state index is 12.1. The fraction of sp³-hybridized carbons (Fsp3) is 0.846. The average Bonchev–Trinajstić information content (AvgIpc) is 2.80. The standard InChI is InChI=1S/C13H24N2O4/c1-3-6-13(11(16)17)7-4-9-15(13)12(18)14-8-5-10-19-2/h3-10H2,1-2H3,(H,14,18)(H,16,17). The topological polar surface area (TPSA) is 78.9 Å². The minimum atomic E-state index is -1.01. The van der Waals surface area contributed by atoms with Gasteiger partial charge in [-0.1, -0.05) is 13.3 Å². The monoisotopic (exact) mass is 272 g/mol. The number of ether oxygens (including phenoxy) is 1. The van der Waals surface area contributed by atoms with E-state index in [9.17, 15) is 14.7 Å². The van der Waals surface area contributed by atoms with Gasteiger partial charge in [0, 0.05) is 26.8 Å². The molecule has 1 rings (SSSR count). The number of carboxylic acids is 1. The first-order valence-electron chi connectivity index (χ1n) is 6.86. The number of amides is 2. The zero-order valence-corrected chi connectivity index (χ0v) is 11.8. The van der Waals surface area contributed by atoms with E-state index in [2.05, 4.69) is 5.32 Å². The molecule has 1 fully saturated rings. The first kappa shape index (κ1) is 15.8. The van der Waals surface area contributed by atoms with Gasteiger partial charge in [0.25, 0.3) is 0 Å². The summed E-state index contributed by atoms with van der Waals surface area (Å²) in [6.07, 6.45) is 3.27. The van der Waals surface area contributed by atoms with Crippen LogP contribution in [-0.4, -0.2) is 54.4 Å². The third-order valence-electron chi connectivity index (χ3n) is 3.60. The van der Waals surface area contributed by atoms with Gasteiger partial charge in [-0.15, -0.1) is 0 Å². The normalized spacial score (nSPS) is 22.5. The molecule has 0 saturated carbocycles. The Kier molecular flexibility index (Phi) is 6.08. The van der Waals surface area contributed by atoms with Crippen LogP contribution in [0, 0.1) is 0 Å². The van der Waals surface area contributed by atoms with Crippen molar-refractivity contribution in [3.8, 4) is 0 Å². The van der Waals surface area contributed by atoms with Crippen LogP contribution in [-0.2, 0) is 9.53 Å². The molecule has 0 bridgehead atoms. The van der Waals surface area contributed by atoms with Gasteiger partial charge in [-0.2, -0.15) is 0 Å². The zero-order valence-electron chi connectivity index (χ0n) is 11.8. The maximum absolute atomic E-state index is 12.1. The molecule has 0 aliphatic carbocycles. The van der Waals surface area contributed by atoms with Crippen LogP contribution in [0.4, 0.5) is 4.79 Å². The second-order valence-corrected chi connectivity index (χ2v) is 4.92. The number of carbonyl (C=O) groups excluding carboxylic acids is 1. The molecular formula is C13H24N2O4. The molecule has 0 spiro atoms. The van der Waals surface area contributed by atoms with Gasteiger partial charge >= 0.3 is 12.0 Å². The van der Waals surface area contributed by atoms with Crippen LogP contribution in [0.15, 0.2) is 0 Å². The summed E-state index contributed by atoms with van der Waals surface area (Å²) < 4.78 is 4.91. The van der Waals surface area contributed by atoms with Crippen LogP contribution in [0.3, 0.4) is 0 Å². The van der Waals surface area contributed by atoms with E-state index in [1.165, 1.54) is 4.90 Å². The Morgan fingerprint density at radius 2 is 2.21 bits per heavy atom. The van der Waals surface area contributed by atoms with E-state index >= 15 is 0 Å². The molecule has 1 aliphatic rings. The molecule has 1 unspecified atom stereocenters. The first-order chi connectivity index (χ1) is 9.08. The lowest BCUT2D eigenvalue weighted by atomic mass is 9.91. The van der Waals surface area contributed by atoms with Gasteiger partial charge in [-0.3, -0.25) is 0 Å². The number of hydrogen-bond acceptors (Lipinski definition) is 3. The number of methoxy groups -OCH3 is 1. The number of urea groups is 1. The lowest BCUT2D eigenvalue weighted by molar-refractivity contribution is -0.148. The molecule has 1 atom stereocenters. The fourth-order valence-corrected chi connectivity index (χ4v) is 2.68. The third kappa shape index (κ3) is 3.59. The van der Waals surface area contributed by atoms with Crippen molar-refractivity contribution in [3.05, 3.63) is 0 Å². The van der Waals surface area contributed by atoms with Crippen LogP contribution < -0.4 is 5.32 Å². The lowest BCUT2D eigenvalue weighted by Crippen LogP contribution is -2.56. The quantitative estimate of drug-likeness (QED) is 0.688. The Balaban J connectivity index is 2.63. The van der Waals surface area contributed by atoms with Gasteiger partial charge in [0.05, 0.1) is 0 Å². The molecule has 0 aromatic carbocycles. The second-order valence-electron chi connectivity index (χ2n) is 4.92. The van der Waals surface area contributed by atoms with Crippen LogP contribution in [0.5, 0.6) is 0 Å². The maximum Gasteiger partial charge on any atom is 0.329 e. The van der Waals surface area contributed by atoms with E-state index < -0.39 is 11.5 Å². The third-order valence-corrected chi connectivity index (χ3v) is 3.60. The Labute approximate surface area is 114 Å². The molecule has 2 amide bonds. The van der Waals surface area contributed by atoms with Crippen molar-refractivity contribution < 1.29 is 19.4 Å². The molecule has 19 heavy (non-hydrogen) atoms. The minimum absolute atomic E-state index is 0.274. The highest BCUT2D eigenvalue weighted by molar-refractivity contribution is 5.87. The predicted molar refractivity (Wildman–Crippen MR) is 71.1 cm³/mol. The summed E-state index contributed by atoms with van der Waals surface area (Å²) in [5, 5.41) is 12.3. The molecular weight excluding hydrogens is 248 g/mol. The number of carbonyl (C=O) groups is 2. The number of likely N-dealkylation sites (tertiary alicyclic amines) is 1. The van der Waals surface area contributed by atoms with E-state index in [1.54, 1.807) is 7.11 Å². The minimum Gasteiger partial charge on any atom is -0.479 e. The summed E-state index contributed by atoms with van der Waals surface area (Å²) in [6, 6.07) is -0.274. The zero-order chi connectivity index (χ0) is 14.3. The van der Waals surface area contributed by atoms with Gasteiger partial charge in [-0.05, 0) is 25.7 Å². The molecule has 6 heteroatoms. The molecule has 110 valence electrons. The number of rotatable bonds is 7. The first-order valence-corrected chi connectivity index (χ1v) is 6.86. The number of aliphatic carboxylic acids is 1. The molecule has 2 N–H and O–H groups in total. The smallest absolute Gasteiger partial charge is 0.329 e. The number of hydrogen-bond donors (Lipinski definition) is 2. The molecule has 0 aromatic heterocycles. The van der Waals surface area contributed by atoms with E-state index in [4.69, 9.17) is 4.74 Å². The van der Waals surface area contributed by atoms with E-state index in [0.717, 1.165) is 19.3 Å². The molecule has 1 aliphatic heterocycles. The summed E-state index contributed by atoms with van der Waals surface area (Å²) >= 11 is 0. The Hall–Kier alpha value is -1.30. The van der Waals surface area contributed by atoms with Crippen molar-refractivity contribution in [1.29, 1.82) is 0 Å². The van der Waals surface area contributed by atoms with Crippen LogP contribution in [0.2, 0.25) is 0 Å². The molecule has 1 saturated heterocycles. The van der Waals surface area contributed by atoms with Crippen LogP contribution in [0.25, 0.3) is 0 Å². The SMILES string of the molecule is CCCC1(C(=O)O)CCCN1C(=O)NCCCOC. The largest absolute Gasteiger partial charge is 0.479 e. The fourth-order valence-electron chi connectivity index (χ4n) is 2.68. The molecule has 0 radical (unpaired) electrons. The summed E-state index contributed by atoms with van der Waals surface area (Å²) in [5.41, 5.74) is -1.01. The van der Waals surface area contributed by atoms with E-state index in [0.29, 0.717) is 32.5 Å². The van der Waals surface area contributed by atoms with Crippen molar-refractivity contribution in [3.63, 3.8) is 0 Å². The number of nitrogens with one attached hydrogen (secondary N) is 1. The van der Waals surface area contributed by atoms with Crippen molar-refractivity contribution in [1.82, 2.24) is 10.2 Å². The number of carboxylic acid groups (broad SMARTS) is 1. The van der Waals surface area contributed by atoms with Gasteiger partial charge in [0.2, 0.25) is 0 Å². The lowest BCUT2D eigenvalue weighted by Gasteiger charge is -2.34. The Bertz CT molecular complexity index is 322. The Morgan fingerprint density at radius 3 is 2.79 bits per heavy atom. The van der Waals surface area contributed by atoms with Crippen molar-refractivity contribution in [2.45, 2.75) is 44.6 Å². The molecule has 0 aromatic rings. The van der Waals surface area contributed by atoms with E-state index in [-0.39, 0.29) is 6.03 Å². The average molecular weight is 272 g/mol. The Morgan fingerprint density at radius 1 is 1.47 bits per heavy atom.